The summed E-state index contributed by atoms with van der Waals surface area (Å²) in [5, 5.41) is 20.3. The van der Waals surface area contributed by atoms with Crippen LogP contribution in [0.25, 0.3) is 0 Å². The maximum absolute atomic E-state index is 15.4. The number of pyridine rings is 1. The van der Waals surface area contributed by atoms with Gasteiger partial charge in [-0.25, -0.2) is 18.9 Å². The molecule has 1 aliphatic carbocycles. The Morgan fingerprint density at radius 1 is 1.20 bits per heavy atom. The predicted octanol–water partition coefficient (Wildman–Crippen LogP) is 4.91. The molecule has 0 saturated heterocycles. The van der Waals surface area contributed by atoms with Crippen molar-refractivity contribution in [1.29, 1.82) is 0 Å². The minimum atomic E-state index is -4.96. The van der Waals surface area contributed by atoms with Gasteiger partial charge < -0.3 is 20.5 Å². The summed E-state index contributed by atoms with van der Waals surface area (Å²) in [7, 11) is 0. The topological polar surface area (TPSA) is 149 Å². The number of nitrogens with two attached hydrogens (primary N) is 1. The fraction of sp³-hybridized carbons (Fsp3) is 0.462. The molecule has 0 bridgehead atoms. The number of carboxylic acids is 1. The van der Waals surface area contributed by atoms with Crippen LogP contribution in [0.1, 0.15) is 67.9 Å². The smallest absolute Gasteiger partial charge is 0.421 e. The number of amides is 1. The molecule has 220 valence electrons. The van der Waals surface area contributed by atoms with Gasteiger partial charge in [0.15, 0.2) is 11.6 Å². The summed E-state index contributed by atoms with van der Waals surface area (Å²) in [4.78, 5) is 30.6. The summed E-state index contributed by atoms with van der Waals surface area (Å²) in [5.74, 6) is -4.82. The van der Waals surface area contributed by atoms with E-state index in [1.54, 1.807) is 13.8 Å². The van der Waals surface area contributed by atoms with Gasteiger partial charge in [0, 0.05) is 30.3 Å². The van der Waals surface area contributed by atoms with E-state index >= 15 is 4.39 Å². The molecule has 1 amide bonds. The number of carbonyl (C=O) groups excluding carboxylic acids is 1. The first-order valence-corrected chi connectivity index (χ1v) is 12.9. The van der Waals surface area contributed by atoms with Crippen LogP contribution in [0.5, 0.6) is 11.6 Å². The van der Waals surface area contributed by atoms with E-state index in [4.69, 9.17) is 10.5 Å². The van der Waals surface area contributed by atoms with Crippen molar-refractivity contribution < 1.29 is 37.0 Å². The molecular weight excluding hydrogens is 550 g/mol. The quantitative estimate of drug-likeness (QED) is 0.355. The minimum absolute atomic E-state index is 0.0221. The normalized spacial score (nSPS) is 17.5. The molecule has 1 fully saturated rings. The van der Waals surface area contributed by atoms with Crippen molar-refractivity contribution in [2.75, 3.05) is 10.6 Å². The molecule has 15 heteroatoms. The SMILES string of the molecule is CC1CCC(C(=O)N(c2cc(F)c(Oc3ncc(Cn4nnnc4N)cc3C(F)(F)F)cc2C(=O)O)C(C)C)CC1. The van der Waals surface area contributed by atoms with Crippen LogP contribution in [0, 0.1) is 17.7 Å². The number of carboxylic acid groups (broad SMARTS) is 1. The third kappa shape index (κ3) is 6.55. The third-order valence-corrected chi connectivity index (χ3v) is 6.97. The second-order valence-corrected chi connectivity index (χ2v) is 10.4. The van der Waals surface area contributed by atoms with Gasteiger partial charge in [-0.1, -0.05) is 12.0 Å². The van der Waals surface area contributed by atoms with Crippen LogP contribution in [0.4, 0.5) is 29.2 Å². The number of aromatic nitrogens is 5. The van der Waals surface area contributed by atoms with Crippen molar-refractivity contribution in [2.24, 2.45) is 11.8 Å². The summed E-state index contributed by atoms with van der Waals surface area (Å²) < 4.78 is 63.4. The number of alkyl halides is 3. The van der Waals surface area contributed by atoms with E-state index in [1.165, 1.54) is 4.90 Å². The summed E-state index contributed by atoms with van der Waals surface area (Å²) in [6.45, 7) is 5.19. The first-order valence-electron chi connectivity index (χ1n) is 12.9. The van der Waals surface area contributed by atoms with E-state index in [1.807, 2.05) is 0 Å². The number of halogens is 4. The molecule has 1 saturated carbocycles. The lowest BCUT2D eigenvalue weighted by Crippen LogP contribution is -2.43. The maximum atomic E-state index is 15.4. The van der Waals surface area contributed by atoms with E-state index in [9.17, 15) is 27.9 Å². The number of anilines is 2. The van der Waals surface area contributed by atoms with E-state index in [2.05, 4.69) is 27.4 Å². The maximum Gasteiger partial charge on any atom is 0.421 e. The van der Waals surface area contributed by atoms with Crippen molar-refractivity contribution >= 4 is 23.5 Å². The molecular formula is C26H29F4N7O4. The zero-order valence-corrected chi connectivity index (χ0v) is 22.5. The van der Waals surface area contributed by atoms with Gasteiger partial charge in [-0.05, 0) is 67.5 Å². The lowest BCUT2D eigenvalue weighted by molar-refractivity contribution is -0.139. The highest BCUT2D eigenvalue weighted by atomic mass is 19.4. The predicted molar refractivity (Wildman–Crippen MR) is 138 cm³/mol. The Bertz CT molecular complexity index is 1440. The highest BCUT2D eigenvalue weighted by Crippen LogP contribution is 2.40. The van der Waals surface area contributed by atoms with Crippen LogP contribution in [-0.4, -0.2) is 48.2 Å². The number of nitrogens with zero attached hydrogens (tertiary/aromatic N) is 6. The Kier molecular flexibility index (Phi) is 8.44. The van der Waals surface area contributed by atoms with Crippen LogP contribution in [0.2, 0.25) is 0 Å². The molecule has 3 aromatic rings. The van der Waals surface area contributed by atoms with Gasteiger partial charge in [0.2, 0.25) is 17.7 Å². The lowest BCUT2D eigenvalue weighted by Gasteiger charge is -2.34. The van der Waals surface area contributed by atoms with E-state index in [0.717, 1.165) is 41.9 Å². The van der Waals surface area contributed by atoms with Crippen LogP contribution in [0.3, 0.4) is 0 Å². The molecule has 0 aliphatic heterocycles. The standard InChI is InChI=1S/C26H29F4N7O4/c1-13(2)37(23(38)16-6-4-14(3)5-7-16)20-10-19(27)21(9-17(20)24(39)40)41-22-18(26(28,29)30)8-15(11-32-22)12-36-25(31)33-34-35-36/h8-11,13-14,16H,4-7,12H2,1-3H3,(H,39,40)(H2,31,33,35). The second-order valence-electron chi connectivity index (χ2n) is 10.4. The number of rotatable bonds is 8. The number of ether oxygens (including phenoxy) is 1. The summed E-state index contributed by atoms with van der Waals surface area (Å²) in [6.07, 6.45) is -0.999. The van der Waals surface area contributed by atoms with Gasteiger partial charge in [0.25, 0.3) is 0 Å². The van der Waals surface area contributed by atoms with Gasteiger partial charge in [0.1, 0.15) is 5.56 Å². The minimum Gasteiger partial charge on any atom is -0.478 e. The molecule has 4 rings (SSSR count). The van der Waals surface area contributed by atoms with E-state index in [-0.39, 0.29) is 35.6 Å². The van der Waals surface area contributed by atoms with Gasteiger partial charge in [0.05, 0.1) is 17.8 Å². The third-order valence-electron chi connectivity index (χ3n) is 6.97. The Balaban J connectivity index is 1.70. The number of hydrogen-bond acceptors (Lipinski definition) is 8. The largest absolute Gasteiger partial charge is 0.478 e. The van der Waals surface area contributed by atoms with E-state index < -0.39 is 46.8 Å². The zero-order chi connectivity index (χ0) is 30.1. The number of benzene rings is 1. The van der Waals surface area contributed by atoms with Gasteiger partial charge in [-0.15, -0.1) is 0 Å². The van der Waals surface area contributed by atoms with E-state index in [0.29, 0.717) is 18.8 Å². The average Bonchev–Trinajstić information content (AvgIpc) is 3.29. The molecule has 3 N–H and O–H groups in total. The molecule has 11 nitrogen and oxygen atoms in total. The molecule has 0 spiro atoms. The highest BCUT2D eigenvalue weighted by Gasteiger charge is 2.37. The van der Waals surface area contributed by atoms with Crippen molar-refractivity contribution in [2.45, 2.75) is 65.2 Å². The number of tetrazole rings is 1. The first kappa shape index (κ1) is 29.7. The fourth-order valence-electron chi connectivity index (χ4n) is 4.81. The first-order chi connectivity index (χ1) is 19.3. The Morgan fingerprint density at radius 3 is 2.44 bits per heavy atom. The number of aromatic carboxylic acids is 1. The van der Waals surface area contributed by atoms with Crippen LogP contribution < -0.4 is 15.4 Å². The molecule has 41 heavy (non-hydrogen) atoms. The number of carbonyl (C=O) groups is 2. The zero-order valence-electron chi connectivity index (χ0n) is 22.5. The second kappa shape index (κ2) is 11.7. The summed E-state index contributed by atoms with van der Waals surface area (Å²) >= 11 is 0. The molecule has 0 radical (unpaired) electrons. The Morgan fingerprint density at radius 2 is 1.88 bits per heavy atom. The molecule has 1 aromatic carbocycles. The fourth-order valence-corrected chi connectivity index (χ4v) is 4.81. The molecule has 2 aromatic heterocycles. The highest BCUT2D eigenvalue weighted by molar-refractivity contribution is 6.03. The lowest BCUT2D eigenvalue weighted by atomic mass is 9.82. The molecule has 1 aliphatic rings. The summed E-state index contributed by atoms with van der Waals surface area (Å²) in [6, 6.07) is 1.75. The van der Waals surface area contributed by atoms with Crippen molar-refractivity contribution in [3.05, 3.63) is 46.9 Å². The Hall–Kier alpha value is -4.30. The molecule has 2 heterocycles. The van der Waals surface area contributed by atoms with Gasteiger partial charge in [-0.3, -0.25) is 4.79 Å². The summed E-state index contributed by atoms with van der Waals surface area (Å²) in [5.41, 5.74) is 3.53. The van der Waals surface area contributed by atoms with Crippen LogP contribution in [0.15, 0.2) is 24.4 Å². The number of hydrogen-bond donors (Lipinski definition) is 2. The van der Waals surface area contributed by atoms with Crippen LogP contribution >= 0.6 is 0 Å². The molecule has 0 unspecified atom stereocenters. The number of nitrogen functional groups attached to an aromatic ring is 1. The van der Waals surface area contributed by atoms with Crippen molar-refractivity contribution in [1.82, 2.24) is 25.2 Å². The van der Waals surface area contributed by atoms with Crippen molar-refractivity contribution in [3.8, 4) is 11.6 Å². The Labute approximate surface area is 232 Å². The molecule has 0 atom stereocenters. The average molecular weight is 580 g/mol. The monoisotopic (exact) mass is 579 g/mol. The van der Waals surface area contributed by atoms with Gasteiger partial charge >= 0.3 is 12.1 Å². The van der Waals surface area contributed by atoms with Gasteiger partial charge in [-0.2, -0.15) is 13.2 Å². The van der Waals surface area contributed by atoms with Crippen molar-refractivity contribution in [3.63, 3.8) is 0 Å². The van der Waals surface area contributed by atoms with Crippen LogP contribution in [-0.2, 0) is 17.5 Å².